The number of rotatable bonds is 0. The molecule has 0 aliphatic carbocycles. The topological polar surface area (TPSA) is 0 Å². The molecule has 0 N–H and O–H groups in total. The number of hydrogen-bond acceptors (Lipinski definition) is 1. The van der Waals surface area contributed by atoms with E-state index in [0.29, 0.717) is 0 Å². The van der Waals surface area contributed by atoms with Crippen LogP contribution in [0.2, 0.25) is 0 Å². The molecule has 2 heteroatoms. The van der Waals surface area contributed by atoms with E-state index in [9.17, 15) is 0 Å². The molecule has 0 saturated carbocycles. The van der Waals surface area contributed by atoms with E-state index >= 15 is 0 Å². The Kier molecular flexibility index (Phi) is 5.05. The summed E-state index contributed by atoms with van der Waals surface area (Å²) >= 11 is 4.12. The van der Waals surface area contributed by atoms with Crippen molar-refractivity contribution < 1.29 is 0 Å². The molecule has 0 aliphatic rings. The van der Waals surface area contributed by atoms with E-state index in [4.69, 9.17) is 0 Å². The van der Waals surface area contributed by atoms with E-state index in [-0.39, 0.29) is 23.6 Å². The van der Waals surface area contributed by atoms with Crippen LogP contribution in [0.5, 0.6) is 0 Å². The van der Waals surface area contributed by atoms with E-state index in [1.807, 2.05) is 0 Å². The molecule has 0 radical (unpaired) electrons. The third-order valence-corrected chi connectivity index (χ3v) is 0. The van der Waals surface area contributed by atoms with Gasteiger partial charge in [-0.15, -0.1) is 0 Å². The zero-order chi connectivity index (χ0) is 4.50. The van der Waals surface area contributed by atoms with Crippen LogP contribution in [0.15, 0.2) is 0 Å². The normalized spacial score (nSPS) is 10.0. The van der Waals surface area contributed by atoms with Crippen LogP contribution in [0.3, 0.4) is 0 Å². The first-order valence-electron chi connectivity index (χ1n) is 1.72. The van der Waals surface area contributed by atoms with Gasteiger partial charge in [0.2, 0.25) is 0 Å². The molecule has 0 nitrogen and oxygen atoms in total. The van der Waals surface area contributed by atoms with Gasteiger partial charge in [0.15, 0.2) is 0 Å². The Hall–Kier alpha value is 0.947. The molecule has 0 rings (SSSR count). The van der Waals surface area contributed by atoms with E-state index in [1.165, 1.54) is 0 Å². The van der Waals surface area contributed by atoms with Crippen LogP contribution in [-0.2, 0) is 0 Å². The van der Waals surface area contributed by atoms with Crippen LogP contribution in [0, 0.1) is 0 Å². The maximum absolute atomic E-state index is 4.12. The van der Waals surface area contributed by atoms with Crippen molar-refractivity contribution in [2.24, 2.45) is 0 Å². The molecule has 0 spiro atoms. The van der Waals surface area contributed by atoms with Crippen molar-refractivity contribution in [3.05, 3.63) is 0 Å². The van der Waals surface area contributed by atoms with Crippen LogP contribution in [0.1, 0.15) is 20.8 Å². The van der Waals surface area contributed by atoms with Gasteiger partial charge in [0.25, 0.3) is 0 Å². The van der Waals surface area contributed by atoms with Crippen molar-refractivity contribution in [2.45, 2.75) is 25.5 Å². The molecule has 34 valence electrons. The molecule has 0 unspecified atom stereocenters. The van der Waals surface area contributed by atoms with E-state index in [1.54, 1.807) is 0 Å². The summed E-state index contributed by atoms with van der Waals surface area (Å²) in [5.74, 6) is 0. The SMILES string of the molecule is CC(C)(C)S.[LiH]. The van der Waals surface area contributed by atoms with Crippen molar-refractivity contribution >= 4 is 31.5 Å². The maximum atomic E-state index is 4.12. The molecule has 0 aromatic rings. The standard InChI is InChI=1S/C4H10S.Li.H/c1-4(2,3)5;;/h5H,1-3H3;;. The molecule has 0 amide bonds. The second-order valence-electron chi connectivity index (χ2n) is 2.17. The average Bonchev–Trinajstić information content (AvgIpc) is 0.722. The quantitative estimate of drug-likeness (QED) is 0.340. The third-order valence-electron chi connectivity index (χ3n) is 0. The Bertz CT molecular complexity index is 23.0. The van der Waals surface area contributed by atoms with Gasteiger partial charge in [0.05, 0.1) is 0 Å². The van der Waals surface area contributed by atoms with Gasteiger partial charge in [0, 0.05) is 4.75 Å². The summed E-state index contributed by atoms with van der Waals surface area (Å²) < 4.78 is 0.194. The van der Waals surface area contributed by atoms with Crippen LogP contribution >= 0.6 is 12.6 Å². The fourth-order valence-electron chi connectivity index (χ4n) is 0. The van der Waals surface area contributed by atoms with Crippen LogP contribution < -0.4 is 0 Å². The first kappa shape index (κ1) is 10.0. The van der Waals surface area contributed by atoms with Gasteiger partial charge in [0.1, 0.15) is 0 Å². The van der Waals surface area contributed by atoms with Gasteiger partial charge in [-0.05, 0) is 0 Å². The number of hydrogen-bond donors (Lipinski definition) is 1. The first-order valence-corrected chi connectivity index (χ1v) is 2.17. The molecule has 0 atom stereocenters. The van der Waals surface area contributed by atoms with Gasteiger partial charge in [-0.2, -0.15) is 12.6 Å². The van der Waals surface area contributed by atoms with Crippen molar-refractivity contribution in [1.29, 1.82) is 0 Å². The predicted molar refractivity (Wildman–Crippen MR) is 35.9 cm³/mol. The summed E-state index contributed by atoms with van der Waals surface area (Å²) in [5, 5.41) is 0. The van der Waals surface area contributed by atoms with Crippen molar-refractivity contribution in [2.75, 3.05) is 0 Å². The fourth-order valence-corrected chi connectivity index (χ4v) is 0. The molecular weight excluding hydrogens is 87.1 g/mol. The van der Waals surface area contributed by atoms with E-state index in [0.717, 1.165) is 0 Å². The zero-order valence-electron chi connectivity index (χ0n) is 3.95. The molecule has 0 aromatic carbocycles. The molecule has 0 heterocycles. The van der Waals surface area contributed by atoms with Crippen LogP contribution in [-0.4, -0.2) is 23.6 Å². The van der Waals surface area contributed by atoms with Gasteiger partial charge in [-0.1, -0.05) is 20.8 Å². The Morgan fingerprint density at radius 3 is 1.17 bits per heavy atom. The Morgan fingerprint density at radius 2 is 1.17 bits per heavy atom. The van der Waals surface area contributed by atoms with Crippen molar-refractivity contribution in [3.8, 4) is 0 Å². The van der Waals surface area contributed by atoms with Gasteiger partial charge >= 0.3 is 18.9 Å². The Balaban J connectivity index is 0. The predicted octanol–water partition coefficient (Wildman–Crippen LogP) is 1.07. The minimum atomic E-state index is 0. The van der Waals surface area contributed by atoms with Gasteiger partial charge < -0.3 is 0 Å². The van der Waals surface area contributed by atoms with Gasteiger partial charge in [-0.3, -0.25) is 0 Å². The fraction of sp³-hybridized carbons (Fsp3) is 1.00. The van der Waals surface area contributed by atoms with Crippen molar-refractivity contribution in [3.63, 3.8) is 0 Å². The molecule has 0 aliphatic heterocycles. The summed E-state index contributed by atoms with van der Waals surface area (Å²) in [4.78, 5) is 0. The summed E-state index contributed by atoms with van der Waals surface area (Å²) in [6.07, 6.45) is 0. The van der Waals surface area contributed by atoms with Crippen molar-refractivity contribution in [1.82, 2.24) is 0 Å². The molecule has 0 fully saturated rings. The molecule has 0 bridgehead atoms. The number of thiol groups is 1. The summed E-state index contributed by atoms with van der Waals surface area (Å²) in [7, 11) is 0. The molecular formula is C4H11LiS. The van der Waals surface area contributed by atoms with Crippen LogP contribution in [0.4, 0.5) is 0 Å². The Morgan fingerprint density at radius 1 is 1.17 bits per heavy atom. The summed E-state index contributed by atoms with van der Waals surface area (Å²) in [5.41, 5.74) is 0. The molecule has 0 saturated heterocycles. The average molecular weight is 98.1 g/mol. The first-order chi connectivity index (χ1) is 2.00. The van der Waals surface area contributed by atoms with Crippen LogP contribution in [0.25, 0.3) is 0 Å². The third kappa shape index (κ3) is 85.9. The van der Waals surface area contributed by atoms with E-state index in [2.05, 4.69) is 33.4 Å². The summed E-state index contributed by atoms with van der Waals surface area (Å²) in [6, 6.07) is 0. The zero-order valence-corrected chi connectivity index (χ0v) is 4.84. The van der Waals surface area contributed by atoms with Gasteiger partial charge in [-0.25, -0.2) is 0 Å². The molecule has 6 heavy (non-hydrogen) atoms. The minimum absolute atomic E-state index is 0. The molecule has 0 aromatic heterocycles. The second kappa shape index (κ2) is 3.02. The summed E-state index contributed by atoms with van der Waals surface area (Å²) in [6.45, 7) is 6.16. The van der Waals surface area contributed by atoms with E-state index < -0.39 is 0 Å². The monoisotopic (exact) mass is 98.1 g/mol. The second-order valence-corrected chi connectivity index (χ2v) is 3.51. The Labute approximate surface area is 57.3 Å².